The lowest BCUT2D eigenvalue weighted by molar-refractivity contribution is -0.150. The predicted octanol–water partition coefficient (Wildman–Crippen LogP) is 1.21. The predicted molar refractivity (Wildman–Crippen MR) is 59.7 cm³/mol. The molecule has 7 heteroatoms. The number of rotatable bonds is 3. The molecule has 1 aliphatic rings. The van der Waals surface area contributed by atoms with Crippen LogP contribution in [0.2, 0.25) is 0 Å². The Kier molecular flexibility index (Phi) is 3.28. The zero-order valence-corrected chi connectivity index (χ0v) is 9.85. The van der Waals surface area contributed by atoms with Crippen molar-refractivity contribution in [3.05, 3.63) is 29.6 Å². The summed E-state index contributed by atoms with van der Waals surface area (Å²) in [6.45, 7) is 1.36. The van der Waals surface area contributed by atoms with Crippen LogP contribution in [0, 0.1) is 5.82 Å². The monoisotopic (exact) mass is 269 g/mol. The molecule has 1 heterocycles. The molecule has 0 bridgehead atoms. The van der Waals surface area contributed by atoms with E-state index in [9.17, 15) is 23.2 Å². The SMILES string of the molecule is CCOC(=O)C(F)N1C(=O)C(=O)c2cccc(F)c21. The second-order valence-corrected chi connectivity index (χ2v) is 3.73. The molecule has 2 rings (SSSR count). The smallest absolute Gasteiger partial charge is 0.362 e. The van der Waals surface area contributed by atoms with E-state index in [0.29, 0.717) is 0 Å². The van der Waals surface area contributed by atoms with Crippen molar-refractivity contribution in [1.82, 2.24) is 0 Å². The van der Waals surface area contributed by atoms with Crippen molar-refractivity contribution in [2.24, 2.45) is 0 Å². The summed E-state index contributed by atoms with van der Waals surface area (Å²) in [7, 11) is 0. The Hall–Kier alpha value is -2.31. The summed E-state index contributed by atoms with van der Waals surface area (Å²) in [5.74, 6) is -4.65. The van der Waals surface area contributed by atoms with Gasteiger partial charge in [0.1, 0.15) is 5.82 Å². The Morgan fingerprint density at radius 1 is 1.42 bits per heavy atom. The number of carbonyl (C=O) groups is 3. The highest BCUT2D eigenvalue weighted by Gasteiger charge is 2.45. The van der Waals surface area contributed by atoms with E-state index in [-0.39, 0.29) is 17.1 Å². The van der Waals surface area contributed by atoms with Crippen molar-refractivity contribution in [2.45, 2.75) is 13.2 Å². The number of amides is 1. The van der Waals surface area contributed by atoms with E-state index in [1.165, 1.54) is 19.1 Å². The third kappa shape index (κ3) is 1.96. The second-order valence-electron chi connectivity index (χ2n) is 3.73. The number of alkyl halides is 1. The quantitative estimate of drug-likeness (QED) is 0.470. The number of benzene rings is 1. The molecule has 0 radical (unpaired) electrons. The number of ketones is 1. The maximum absolute atomic E-state index is 13.9. The first-order valence-electron chi connectivity index (χ1n) is 5.46. The van der Waals surface area contributed by atoms with Crippen LogP contribution in [0.1, 0.15) is 17.3 Å². The molecule has 0 aliphatic carbocycles. The number of hydrogen-bond donors (Lipinski definition) is 0. The number of hydrogen-bond acceptors (Lipinski definition) is 4. The van der Waals surface area contributed by atoms with E-state index in [1.54, 1.807) is 0 Å². The van der Waals surface area contributed by atoms with Crippen molar-refractivity contribution in [3.63, 3.8) is 0 Å². The van der Waals surface area contributed by atoms with Crippen molar-refractivity contribution in [3.8, 4) is 0 Å². The number of halogens is 2. The molecular weight excluding hydrogens is 260 g/mol. The van der Waals surface area contributed by atoms with Gasteiger partial charge in [-0.05, 0) is 19.1 Å². The van der Waals surface area contributed by atoms with Crippen molar-refractivity contribution in [1.29, 1.82) is 0 Å². The molecule has 1 amide bonds. The van der Waals surface area contributed by atoms with E-state index in [0.717, 1.165) is 6.07 Å². The van der Waals surface area contributed by atoms with Crippen LogP contribution in [-0.4, -0.2) is 30.6 Å². The summed E-state index contributed by atoms with van der Waals surface area (Å²) in [5.41, 5.74) is -0.796. The minimum atomic E-state index is -2.55. The fourth-order valence-corrected chi connectivity index (χ4v) is 1.80. The first kappa shape index (κ1) is 13.1. The van der Waals surface area contributed by atoms with Crippen LogP contribution in [0.25, 0.3) is 0 Å². The molecule has 19 heavy (non-hydrogen) atoms. The van der Waals surface area contributed by atoms with Crippen molar-refractivity contribution >= 4 is 23.3 Å². The van der Waals surface area contributed by atoms with Crippen LogP contribution >= 0.6 is 0 Å². The summed E-state index contributed by atoms with van der Waals surface area (Å²) in [6.07, 6.45) is -2.55. The first-order chi connectivity index (χ1) is 8.99. The Bertz CT molecular complexity index is 573. The van der Waals surface area contributed by atoms with Crippen LogP contribution < -0.4 is 4.90 Å². The molecule has 0 saturated carbocycles. The average Bonchev–Trinajstić information content (AvgIpc) is 2.64. The third-order valence-electron chi connectivity index (χ3n) is 2.59. The second kappa shape index (κ2) is 4.75. The third-order valence-corrected chi connectivity index (χ3v) is 2.59. The Balaban J connectivity index is 2.46. The van der Waals surface area contributed by atoms with E-state index < -0.39 is 35.5 Å². The summed E-state index contributed by atoms with van der Waals surface area (Å²) in [5, 5.41) is 0. The summed E-state index contributed by atoms with van der Waals surface area (Å²) in [6, 6.07) is 3.38. The molecule has 0 fully saturated rings. The molecule has 1 unspecified atom stereocenters. The highest BCUT2D eigenvalue weighted by atomic mass is 19.1. The van der Waals surface area contributed by atoms with Gasteiger partial charge in [0.05, 0.1) is 17.9 Å². The lowest BCUT2D eigenvalue weighted by atomic mass is 10.1. The molecule has 0 N–H and O–H groups in total. The summed E-state index contributed by atoms with van der Waals surface area (Å²) in [4.78, 5) is 34.7. The standard InChI is InChI=1S/C12H9F2NO4/c1-2-19-12(18)10(14)15-8-6(9(16)11(15)17)4-3-5-7(8)13/h3-5,10H,2H2,1H3. The number of Topliss-reactive ketones (excluding diaryl/α,β-unsaturated/α-hetero) is 1. The maximum Gasteiger partial charge on any atom is 0.362 e. The van der Waals surface area contributed by atoms with Gasteiger partial charge in [-0.3, -0.25) is 14.5 Å². The maximum atomic E-state index is 13.9. The molecule has 0 saturated heterocycles. The first-order valence-corrected chi connectivity index (χ1v) is 5.46. The number of anilines is 1. The van der Waals surface area contributed by atoms with Gasteiger partial charge in [0.15, 0.2) is 0 Å². The van der Waals surface area contributed by atoms with Gasteiger partial charge in [0.2, 0.25) is 0 Å². The number of nitrogens with zero attached hydrogens (tertiary/aromatic N) is 1. The molecule has 1 aromatic rings. The molecule has 5 nitrogen and oxygen atoms in total. The van der Waals surface area contributed by atoms with Crippen LogP contribution in [-0.2, 0) is 14.3 Å². The molecule has 1 aliphatic heterocycles. The van der Waals surface area contributed by atoms with Gasteiger partial charge in [0, 0.05) is 0 Å². The van der Waals surface area contributed by atoms with Crippen LogP contribution in [0.15, 0.2) is 18.2 Å². The molecule has 100 valence electrons. The van der Waals surface area contributed by atoms with Crippen LogP contribution in [0.4, 0.5) is 14.5 Å². The van der Waals surface area contributed by atoms with Gasteiger partial charge in [-0.15, -0.1) is 0 Å². The molecule has 1 atom stereocenters. The van der Waals surface area contributed by atoms with Gasteiger partial charge >= 0.3 is 11.9 Å². The Morgan fingerprint density at radius 2 is 2.11 bits per heavy atom. The Morgan fingerprint density at radius 3 is 2.74 bits per heavy atom. The van der Waals surface area contributed by atoms with Gasteiger partial charge in [0.25, 0.3) is 12.1 Å². The van der Waals surface area contributed by atoms with E-state index in [2.05, 4.69) is 4.74 Å². The van der Waals surface area contributed by atoms with Gasteiger partial charge < -0.3 is 4.74 Å². The van der Waals surface area contributed by atoms with E-state index in [4.69, 9.17) is 0 Å². The minimum absolute atomic E-state index is 0.0979. The zero-order valence-electron chi connectivity index (χ0n) is 9.85. The topological polar surface area (TPSA) is 63.7 Å². The number of fused-ring (bicyclic) bond motifs is 1. The van der Waals surface area contributed by atoms with Crippen LogP contribution in [0.5, 0.6) is 0 Å². The number of para-hydroxylation sites is 1. The lowest BCUT2D eigenvalue weighted by Crippen LogP contribution is -2.42. The summed E-state index contributed by atoms with van der Waals surface area (Å²) < 4.78 is 31.9. The highest BCUT2D eigenvalue weighted by Crippen LogP contribution is 2.33. The lowest BCUT2D eigenvalue weighted by Gasteiger charge is -2.19. The van der Waals surface area contributed by atoms with E-state index >= 15 is 0 Å². The average molecular weight is 269 g/mol. The molecule has 0 spiro atoms. The molecule has 0 aromatic heterocycles. The molecular formula is C12H9F2NO4. The largest absolute Gasteiger partial charge is 0.462 e. The van der Waals surface area contributed by atoms with Gasteiger partial charge in [-0.1, -0.05) is 6.07 Å². The van der Waals surface area contributed by atoms with Crippen molar-refractivity contribution < 1.29 is 27.9 Å². The fourth-order valence-electron chi connectivity index (χ4n) is 1.80. The van der Waals surface area contributed by atoms with Gasteiger partial charge in [-0.25, -0.2) is 13.6 Å². The summed E-state index contributed by atoms with van der Waals surface area (Å²) >= 11 is 0. The zero-order chi connectivity index (χ0) is 14.2. The molecule has 1 aromatic carbocycles. The number of esters is 1. The van der Waals surface area contributed by atoms with Crippen molar-refractivity contribution in [2.75, 3.05) is 11.5 Å². The normalized spacial score (nSPS) is 15.4. The Labute approximate surface area is 106 Å². The van der Waals surface area contributed by atoms with E-state index in [1.807, 2.05) is 0 Å². The van der Waals surface area contributed by atoms with Crippen LogP contribution in [0.3, 0.4) is 0 Å². The number of carbonyl (C=O) groups excluding carboxylic acids is 3. The fraction of sp³-hybridized carbons (Fsp3) is 0.250. The minimum Gasteiger partial charge on any atom is -0.462 e. The highest BCUT2D eigenvalue weighted by molar-refractivity contribution is 6.52. The van der Waals surface area contributed by atoms with Gasteiger partial charge in [-0.2, -0.15) is 0 Å². The number of ether oxygens (including phenoxy) is 1.